The third-order valence-electron chi connectivity index (χ3n) is 3.96. The zero-order chi connectivity index (χ0) is 17.8. The van der Waals surface area contributed by atoms with E-state index in [9.17, 15) is 9.90 Å². The Morgan fingerprint density at radius 3 is 2.72 bits per heavy atom. The molecule has 5 nitrogen and oxygen atoms in total. The Morgan fingerprint density at radius 2 is 1.96 bits per heavy atom. The molecule has 6 heteroatoms. The number of aliphatic hydroxyl groups is 1. The summed E-state index contributed by atoms with van der Waals surface area (Å²) >= 11 is 5.80. The third kappa shape index (κ3) is 4.13. The smallest absolute Gasteiger partial charge is 0.258 e. The summed E-state index contributed by atoms with van der Waals surface area (Å²) in [6, 6.07) is 14.6. The van der Waals surface area contributed by atoms with Crippen LogP contribution in [0.5, 0.6) is 5.75 Å². The van der Waals surface area contributed by atoms with Crippen molar-refractivity contribution in [2.75, 3.05) is 13.2 Å². The average molecular weight is 359 g/mol. The first-order valence-corrected chi connectivity index (χ1v) is 8.29. The predicted octanol–water partition coefficient (Wildman–Crippen LogP) is 3.06. The summed E-state index contributed by atoms with van der Waals surface area (Å²) in [6.07, 6.45) is 1.09. The van der Waals surface area contributed by atoms with Gasteiger partial charge in [0.25, 0.3) is 5.91 Å². The summed E-state index contributed by atoms with van der Waals surface area (Å²) in [4.78, 5) is 11.9. The molecule has 0 aliphatic heterocycles. The van der Waals surface area contributed by atoms with Crippen LogP contribution in [0.1, 0.15) is 11.7 Å². The molecular weight excluding hydrogens is 340 g/mol. The van der Waals surface area contributed by atoms with Crippen molar-refractivity contribution in [3.05, 3.63) is 65.3 Å². The van der Waals surface area contributed by atoms with E-state index >= 15 is 0 Å². The van der Waals surface area contributed by atoms with Gasteiger partial charge in [0, 0.05) is 41.3 Å². The highest BCUT2D eigenvalue weighted by molar-refractivity contribution is 6.30. The van der Waals surface area contributed by atoms with Gasteiger partial charge in [-0.1, -0.05) is 29.8 Å². The largest absolute Gasteiger partial charge is 0.484 e. The normalized spacial score (nSPS) is 12.1. The minimum Gasteiger partial charge on any atom is -0.484 e. The number of nitrogens with zero attached hydrogens (tertiary/aromatic N) is 1. The fourth-order valence-electron chi connectivity index (χ4n) is 2.69. The van der Waals surface area contributed by atoms with Crippen LogP contribution in [0.15, 0.2) is 54.7 Å². The van der Waals surface area contributed by atoms with Gasteiger partial charge in [-0.05, 0) is 30.3 Å². The maximum absolute atomic E-state index is 11.9. The molecule has 1 aromatic heterocycles. The minimum atomic E-state index is -0.786. The van der Waals surface area contributed by atoms with E-state index in [0.717, 1.165) is 16.5 Å². The fraction of sp³-hybridized carbons (Fsp3) is 0.211. The van der Waals surface area contributed by atoms with Gasteiger partial charge in [-0.15, -0.1) is 0 Å². The van der Waals surface area contributed by atoms with Gasteiger partial charge in [0.05, 0.1) is 6.10 Å². The Labute approximate surface area is 150 Å². The molecule has 0 aliphatic rings. The van der Waals surface area contributed by atoms with Crippen LogP contribution >= 0.6 is 11.6 Å². The number of aliphatic hydroxyl groups excluding tert-OH is 1. The molecule has 0 saturated heterocycles. The summed E-state index contributed by atoms with van der Waals surface area (Å²) in [6.45, 7) is 0.000703. The van der Waals surface area contributed by atoms with E-state index in [4.69, 9.17) is 16.3 Å². The second-order valence-electron chi connectivity index (χ2n) is 5.77. The first-order chi connectivity index (χ1) is 12.0. The van der Waals surface area contributed by atoms with Crippen molar-refractivity contribution >= 4 is 28.4 Å². The van der Waals surface area contributed by atoms with Crippen molar-refractivity contribution in [3.8, 4) is 5.75 Å². The fourth-order valence-corrected chi connectivity index (χ4v) is 2.82. The molecule has 2 aromatic carbocycles. The van der Waals surface area contributed by atoms with Gasteiger partial charge >= 0.3 is 0 Å². The van der Waals surface area contributed by atoms with Crippen LogP contribution in [0.3, 0.4) is 0 Å². The van der Waals surface area contributed by atoms with Crippen molar-refractivity contribution in [1.29, 1.82) is 0 Å². The van der Waals surface area contributed by atoms with Gasteiger partial charge in [0.1, 0.15) is 5.75 Å². The molecule has 2 N–H and O–H groups in total. The first-order valence-electron chi connectivity index (χ1n) is 7.91. The zero-order valence-electron chi connectivity index (χ0n) is 13.8. The number of carbonyl (C=O) groups excluding carboxylic acids is 1. The van der Waals surface area contributed by atoms with E-state index in [1.807, 2.05) is 42.1 Å². The Bertz CT molecular complexity index is 874. The number of benzene rings is 2. The highest BCUT2D eigenvalue weighted by atomic mass is 35.5. The lowest BCUT2D eigenvalue weighted by atomic mass is 10.1. The number of ether oxygens (including phenoxy) is 1. The number of aryl methyl sites for hydroxylation is 1. The maximum atomic E-state index is 11.9. The van der Waals surface area contributed by atoms with Gasteiger partial charge in [-0.3, -0.25) is 4.79 Å². The quantitative estimate of drug-likeness (QED) is 0.711. The van der Waals surface area contributed by atoms with Crippen LogP contribution in [-0.4, -0.2) is 28.7 Å². The maximum Gasteiger partial charge on any atom is 0.258 e. The van der Waals surface area contributed by atoms with Crippen LogP contribution in [0, 0.1) is 0 Å². The molecule has 3 rings (SSSR count). The van der Waals surface area contributed by atoms with Crippen LogP contribution < -0.4 is 10.1 Å². The number of fused-ring (bicyclic) bond motifs is 1. The average Bonchev–Trinajstić information content (AvgIpc) is 2.96. The number of rotatable bonds is 6. The molecular formula is C19H19ClN2O3. The monoisotopic (exact) mass is 358 g/mol. The summed E-state index contributed by atoms with van der Waals surface area (Å²) < 4.78 is 7.34. The summed E-state index contributed by atoms with van der Waals surface area (Å²) in [5.41, 5.74) is 1.82. The molecule has 1 heterocycles. The number of halogens is 1. The van der Waals surface area contributed by atoms with Crippen molar-refractivity contribution < 1.29 is 14.6 Å². The Balaban J connectivity index is 1.55. The number of para-hydroxylation sites is 1. The second kappa shape index (κ2) is 7.59. The van der Waals surface area contributed by atoms with Crippen molar-refractivity contribution in [3.63, 3.8) is 0 Å². The van der Waals surface area contributed by atoms with Crippen LogP contribution in [0.2, 0.25) is 5.02 Å². The molecule has 0 radical (unpaired) electrons. The molecule has 1 amide bonds. The summed E-state index contributed by atoms with van der Waals surface area (Å²) in [7, 11) is 1.93. The minimum absolute atomic E-state index is 0.121. The molecule has 130 valence electrons. The topological polar surface area (TPSA) is 63.5 Å². The summed E-state index contributed by atoms with van der Waals surface area (Å²) in [5.74, 6) is 0.267. The Hall–Kier alpha value is -2.50. The molecule has 0 bridgehead atoms. The van der Waals surface area contributed by atoms with Gasteiger partial charge in [-0.25, -0.2) is 0 Å². The van der Waals surface area contributed by atoms with Crippen LogP contribution in [0.25, 0.3) is 10.9 Å². The van der Waals surface area contributed by atoms with Gasteiger partial charge in [0.2, 0.25) is 0 Å². The number of hydrogen-bond acceptors (Lipinski definition) is 3. The molecule has 25 heavy (non-hydrogen) atoms. The molecule has 0 fully saturated rings. The predicted molar refractivity (Wildman–Crippen MR) is 97.8 cm³/mol. The van der Waals surface area contributed by atoms with E-state index in [1.54, 1.807) is 24.3 Å². The molecule has 0 aliphatic carbocycles. The van der Waals surface area contributed by atoms with Gasteiger partial charge in [0.15, 0.2) is 6.61 Å². The zero-order valence-corrected chi connectivity index (χ0v) is 14.5. The standard InChI is InChI=1S/C19H19ClN2O3/c1-22-11-16(15-4-2-3-5-17(15)22)18(23)10-21-19(24)12-25-14-8-6-13(20)7-9-14/h2-9,11,18,23H,10,12H2,1H3,(H,21,24). The third-order valence-corrected chi connectivity index (χ3v) is 4.21. The molecule has 1 unspecified atom stereocenters. The number of hydrogen-bond donors (Lipinski definition) is 2. The Morgan fingerprint density at radius 1 is 1.24 bits per heavy atom. The molecule has 1 atom stereocenters. The first kappa shape index (κ1) is 17.3. The van der Waals surface area contributed by atoms with E-state index < -0.39 is 6.10 Å². The van der Waals surface area contributed by atoms with E-state index in [-0.39, 0.29) is 19.1 Å². The van der Waals surface area contributed by atoms with Crippen LogP contribution in [0.4, 0.5) is 0 Å². The SMILES string of the molecule is Cn1cc(C(O)CNC(=O)COc2ccc(Cl)cc2)c2ccccc21. The highest BCUT2D eigenvalue weighted by Crippen LogP contribution is 2.25. The molecule has 0 spiro atoms. The van der Waals surface area contributed by atoms with Crippen molar-refractivity contribution in [2.45, 2.75) is 6.10 Å². The van der Waals surface area contributed by atoms with Crippen molar-refractivity contribution in [2.24, 2.45) is 7.05 Å². The lowest BCUT2D eigenvalue weighted by molar-refractivity contribution is -0.123. The van der Waals surface area contributed by atoms with Gasteiger partial charge in [-0.2, -0.15) is 0 Å². The summed E-state index contributed by atoms with van der Waals surface area (Å²) in [5, 5.41) is 14.7. The lowest BCUT2D eigenvalue weighted by Gasteiger charge is -2.12. The molecule has 3 aromatic rings. The number of aromatic nitrogens is 1. The Kier molecular flexibility index (Phi) is 5.26. The lowest BCUT2D eigenvalue weighted by Crippen LogP contribution is -2.32. The molecule has 0 saturated carbocycles. The number of amides is 1. The van der Waals surface area contributed by atoms with Crippen molar-refractivity contribution in [1.82, 2.24) is 9.88 Å². The van der Waals surface area contributed by atoms with E-state index in [0.29, 0.717) is 10.8 Å². The number of carbonyl (C=O) groups is 1. The highest BCUT2D eigenvalue weighted by Gasteiger charge is 2.15. The van der Waals surface area contributed by atoms with Crippen LogP contribution in [-0.2, 0) is 11.8 Å². The van der Waals surface area contributed by atoms with Gasteiger partial charge < -0.3 is 19.7 Å². The number of nitrogens with one attached hydrogen (secondary N) is 1. The second-order valence-corrected chi connectivity index (χ2v) is 6.21. The van der Waals surface area contributed by atoms with E-state index in [2.05, 4.69) is 5.32 Å². The van der Waals surface area contributed by atoms with E-state index in [1.165, 1.54) is 0 Å².